The minimum atomic E-state index is 0.806. The zero-order valence-corrected chi connectivity index (χ0v) is 9.86. The van der Waals surface area contributed by atoms with Crippen LogP contribution < -0.4 is 5.73 Å². The molecule has 0 atom stereocenters. The first-order chi connectivity index (χ1) is 6.77. The van der Waals surface area contributed by atoms with Crippen molar-refractivity contribution in [2.75, 3.05) is 12.8 Å². The lowest BCUT2D eigenvalue weighted by molar-refractivity contribution is 0.738. The second kappa shape index (κ2) is 6.10. The molecule has 0 aliphatic heterocycles. The van der Waals surface area contributed by atoms with Gasteiger partial charge in [0, 0.05) is 4.90 Å². The first kappa shape index (κ1) is 11.6. The zero-order valence-electron chi connectivity index (χ0n) is 9.05. The van der Waals surface area contributed by atoms with E-state index in [2.05, 4.69) is 31.4 Å². The highest BCUT2D eigenvalue weighted by Gasteiger charge is 2.01. The average molecular weight is 209 g/mol. The summed E-state index contributed by atoms with van der Waals surface area (Å²) in [7, 11) is 0. The SMILES string of the molecule is CSc1cc(C)ccc1CCCCN. The van der Waals surface area contributed by atoms with E-state index >= 15 is 0 Å². The summed E-state index contributed by atoms with van der Waals surface area (Å²) < 4.78 is 0. The standard InChI is InChI=1S/C12H19NS/c1-10-6-7-11(5-3-4-8-13)12(9-10)14-2/h6-7,9H,3-5,8,13H2,1-2H3. The van der Waals surface area contributed by atoms with E-state index in [1.54, 1.807) is 0 Å². The Morgan fingerprint density at radius 3 is 2.71 bits per heavy atom. The van der Waals surface area contributed by atoms with Gasteiger partial charge in [0.15, 0.2) is 0 Å². The van der Waals surface area contributed by atoms with Crippen molar-refractivity contribution in [2.24, 2.45) is 5.73 Å². The van der Waals surface area contributed by atoms with Crippen LogP contribution in [0.5, 0.6) is 0 Å². The minimum Gasteiger partial charge on any atom is -0.330 e. The predicted octanol–water partition coefficient (Wildman–Crippen LogP) is 3.00. The van der Waals surface area contributed by atoms with E-state index in [9.17, 15) is 0 Å². The van der Waals surface area contributed by atoms with Gasteiger partial charge in [-0.25, -0.2) is 0 Å². The lowest BCUT2D eigenvalue weighted by Gasteiger charge is -2.07. The number of nitrogens with two attached hydrogens (primary N) is 1. The smallest absolute Gasteiger partial charge is 0.0104 e. The third-order valence-corrected chi connectivity index (χ3v) is 3.16. The molecular weight excluding hydrogens is 190 g/mol. The Hall–Kier alpha value is -0.470. The number of benzene rings is 1. The van der Waals surface area contributed by atoms with Gasteiger partial charge in [0.25, 0.3) is 0 Å². The van der Waals surface area contributed by atoms with Crippen molar-refractivity contribution in [1.82, 2.24) is 0 Å². The number of thioether (sulfide) groups is 1. The van der Waals surface area contributed by atoms with Gasteiger partial charge in [-0.3, -0.25) is 0 Å². The Morgan fingerprint density at radius 2 is 2.07 bits per heavy atom. The third kappa shape index (κ3) is 3.35. The van der Waals surface area contributed by atoms with E-state index < -0.39 is 0 Å². The molecule has 1 rings (SSSR count). The van der Waals surface area contributed by atoms with Gasteiger partial charge in [-0.05, 0) is 50.6 Å². The predicted molar refractivity (Wildman–Crippen MR) is 65.0 cm³/mol. The van der Waals surface area contributed by atoms with Crippen LogP contribution in [-0.4, -0.2) is 12.8 Å². The lowest BCUT2D eigenvalue weighted by atomic mass is 10.1. The number of hydrogen-bond donors (Lipinski definition) is 1. The van der Waals surface area contributed by atoms with Crippen LogP contribution in [0.1, 0.15) is 24.0 Å². The second-order valence-electron chi connectivity index (χ2n) is 3.56. The third-order valence-electron chi connectivity index (χ3n) is 2.34. The number of hydrogen-bond acceptors (Lipinski definition) is 2. The van der Waals surface area contributed by atoms with Crippen molar-refractivity contribution < 1.29 is 0 Å². The molecule has 1 nitrogen and oxygen atoms in total. The van der Waals surface area contributed by atoms with Crippen LogP contribution in [0.15, 0.2) is 23.1 Å². The number of rotatable bonds is 5. The topological polar surface area (TPSA) is 26.0 Å². The summed E-state index contributed by atoms with van der Waals surface area (Å²) in [6, 6.07) is 6.71. The maximum atomic E-state index is 5.48. The van der Waals surface area contributed by atoms with Crippen LogP contribution in [0.25, 0.3) is 0 Å². The van der Waals surface area contributed by atoms with Gasteiger partial charge in [0.2, 0.25) is 0 Å². The highest BCUT2D eigenvalue weighted by atomic mass is 32.2. The molecule has 0 spiro atoms. The van der Waals surface area contributed by atoms with E-state index in [4.69, 9.17) is 5.73 Å². The van der Waals surface area contributed by atoms with Gasteiger partial charge in [-0.15, -0.1) is 11.8 Å². The lowest BCUT2D eigenvalue weighted by Crippen LogP contribution is -1.99. The summed E-state index contributed by atoms with van der Waals surface area (Å²) >= 11 is 1.84. The quantitative estimate of drug-likeness (QED) is 0.596. The van der Waals surface area contributed by atoms with Gasteiger partial charge in [-0.2, -0.15) is 0 Å². The van der Waals surface area contributed by atoms with Crippen LogP contribution in [0, 0.1) is 6.92 Å². The molecule has 0 aliphatic rings. The fourth-order valence-corrected chi connectivity index (χ4v) is 2.25. The fraction of sp³-hybridized carbons (Fsp3) is 0.500. The van der Waals surface area contributed by atoms with E-state index in [0.717, 1.165) is 19.4 Å². The van der Waals surface area contributed by atoms with Crippen molar-refractivity contribution in [3.63, 3.8) is 0 Å². The molecule has 14 heavy (non-hydrogen) atoms. The number of aryl methyl sites for hydroxylation is 2. The van der Waals surface area contributed by atoms with Crippen LogP contribution in [0.3, 0.4) is 0 Å². The molecule has 0 amide bonds. The summed E-state index contributed by atoms with van der Waals surface area (Å²) in [5.74, 6) is 0. The highest BCUT2D eigenvalue weighted by molar-refractivity contribution is 7.98. The summed E-state index contributed by atoms with van der Waals surface area (Å²) in [6.45, 7) is 2.95. The van der Waals surface area contributed by atoms with Crippen LogP contribution >= 0.6 is 11.8 Å². The van der Waals surface area contributed by atoms with E-state index in [1.807, 2.05) is 11.8 Å². The van der Waals surface area contributed by atoms with E-state index in [0.29, 0.717) is 0 Å². The normalized spacial score (nSPS) is 10.5. The van der Waals surface area contributed by atoms with Crippen LogP contribution in [0.4, 0.5) is 0 Å². The summed E-state index contributed by atoms with van der Waals surface area (Å²) in [5.41, 5.74) is 8.30. The minimum absolute atomic E-state index is 0.806. The molecule has 0 bridgehead atoms. The molecule has 0 heterocycles. The van der Waals surface area contributed by atoms with Crippen molar-refractivity contribution in [1.29, 1.82) is 0 Å². The van der Waals surface area contributed by atoms with E-state index in [-0.39, 0.29) is 0 Å². The van der Waals surface area contributed by atoms with E-state index in [1.165, 1.54) is 22.4 Å². The molecule has 0 fully saturated rings. The molecule has 78 valence electrons. The largest absolute Gasteiger partial charge is 0.330 e. The summed E-state index contributed by atoms with van der Waals surface area (Å²) in [4.78, 5) is 1.42. The Morgan fingerprint density at radius 1 is 1.29 bits per heavy atom. The van der Waals surface area contributed by atoms with Crippen molar-refractivity contribution in [3.05, 3.63) is 29.3 Å². The Bertz CT molecular complexity index is 284. The van der Waals surface area contributed by atoms with Gasteiger partial charge < -0.3 is 5.73 Å². The van der Waals surface area contributed by atoms with Gasteiger partial charge in [0.05, 0.1) is 0 Å². The maximum Gasteiger partial charge on any atom is 0.0104 e. The fourth-order valence-electron chi connectivity index (χ4n) is 1.52. The number of unbranched alkanes of at least 4 members (excludes halogenated alkanes) is 1. The molecule has 1 aromatic carbocycles. The molecule has 0 unspecified atom stereocenters. The van der Waals surface area contributed by atoms with Gasteiger partial charge in [-0.1, -0.05) is 17.7 Å². The van der Waals surface area contributed by atoms with Crippen LogP contribution in [-0.2, 0) is 6.42 Å². The molecule has 0 radical (unpaired) electrons. The molecule has 0 aliphatic carbocycles. The Kier molecular flexibility index (Phi) is 5.05. The molecule has 0 aromatic heterocycles. The molecule has 2 N–H and O–H groups in total. The summed E-state index contributed by atoms with van der Waals surface area (Å²) in [5, 5.41) is 0. The first-order valence-corrected chi connectivity index (χ1v) is 6.34. The van der Waals surface area contributed by atoms with Gasteiger partial charge >= 0.3 is 0 Å². The van der Waals surface area contributed by atoms with Crippen molar-refractivity contribution in [2.45, 2.75) is 31.1 Å². The molecule has 0 saturated heterocycles. The monoisotopic (exact) mass is 209 g/mol. The Balaban J connectivity index is 2.65. The van der Waals surface area contributed by atoms with Gasteiger partial charge in [0.1, 0.15) is 0 Å². The molecule has 1 aromatic rings. The first-order valence-electron chi connectivity index (χ1n) is 5.11. The summed E-state index contributed by atoms with van der Waals surface area (Å²) in [6.07, 6.45) is 5.63. The van der Waals surface area contributed by atoms with Crippen molar-refractivity contribution >= 4 is 11.8 Å². The molecule has 2 heteroatoms. The molecular formula is C12H19NS. The van der Waals surface area contributed by atoms with Crippen LogP contribution in [0.2, 0.25) is 0 Å². The second-order valence-corrected chi connectivity index (χ2v) is 4.41. The molecule has 0 saturated carbocycles. The van der Waals surface area contributed by atoms with Crippen molar-refractivity contribution in [3.8, 4) is 0 Å². The Labute approximate surface area is 91.1 Å². The maximum absolute atomic E-state index is 5.48. The highest BCUT2D eigenvalue weighted by Crippen LogP contribution is 2.23. The average Bonchev–Trinajstić information content (AvgIpc) is 2.20. The zero-order chi connectivity index (χ0) is 10.4.